The van der Waals surface area contributed by atoms with Gasteiger partial charge >= 0.3 is 0 Å². The van der Waals surface area contributed by atoms with Crippen molar-refractivity contribution >= 4 is 5.82 Å². The number of nitrogens with zero attached hydrogens (tertiary/aromatic N) is 2. The summed E-state index contributed by atoms with van der Waals surface area (Å²) >= 11 is 0. The Hall–Kier alpha value is -1.09. The fraction of sp³-hybridized carbons (Fsp3) is 0.706. The lowest BCUT2D eigenvalue weighted by atomic mass is 10.1. The van der Waals surface area contributed by atoms with E-state index in [1.54, 1.807) is 0 Å². The molecule has 2 rings (SSSR count). The Bertz CT molecular complexity index is 418. The van der Waals surface area contributed by atoms with Crippen LogP contribution < -0.4 is 10.2 Å². The monoisotopic (exact) mass is 275 g/mol. The van der Waals surface area contributed by atoms with Gasteiger partial charge in [0.05, 0.1) is 5.69 Å². The Morgan fingerprint density at radius 1 is 1.30 bits per heavy atom. The van der Waals surface area contributed by atoms with Gasteiger partial charge in [0.2, 0.25) is 0 Å². The smallest absolute Gasteiger partial charge is 0.128 e. The van der Waals surface area contributed by atoms with Gasteiger partial charge in [-0.1, -0.05) is 13.0 Å². The van der Waals surface area contributed by atoms with E-state index in [1.807, 2.05) is 0 Å². The van der Waals surface area contributed by atoms with E-state index in [9.17, 15) is 0 Å². The number of rotatable bonds is 7. The maximum atomic E-state index is 4.84. The average molecular weight is 275 g/mol. The molecule has 1 aromatic heterocycles. The van der Waals surface area contributed by atoms with Crippen LogP contribution in [0, 0.1) is 5.92 Å². The lowest BCUT2D eigenvalue weighted by Gasteiger charge is -2.24. The number of hydrogen-bond donors (Lipinski definition) is 1. The highest BCUT2D eigenvalue weighted by Gasteiger charge is 2.24. The third kappa shape index (κ3) is 5.12. The van der Waals surface area contributed by atoms with Crippen molar-refractivity contribution < 1.29 is 0 Å². The highest BCUT2D eigenvalue weighted by molar-refractivity contribution is 5.39. The summed E-state index contributed by atoms with van der Waals surface area (Å²) in [4.78, 5) is 7.30. The predicted molar refractivity (Wildman–Crippen MR) is 86.1 cm³/mol. The molecule has 0 radical (unpaired) electrons. The maximum Gasteiger partial charge on any atom is 0.128 e. The second kappa shape index (κ2) is 6.57. The molecule has 112 valence electrons. The molecule has 1 heterocycles. The molecule has 1 saturated carbocycles. The molecule has 1 N–H and O–H groups in total. The molecule has 3 heteroatoms. The molecule has 1 fully saturated rings. The largest absolute Gasteiger partial charge is 0.356 e. The Kier molecular flexibility index (Phi) is 5.03. The number of pyridine rings is 1. The van der Waals surface area contributed by atoms with Gasteiger partial charge in [0.15, 0.2) is 0 Å². The fourth-order valence-corrected chi connectivity index (χ4v) is 2.28. The number of anilines is 1. The molecule has 0 aromatic carbocycles. The first kappa shape index (κ1) is 15.3. The first-order valence-electron chi connectivity index (χ1n) is 7.94. The summed E-state index contributed by atoms with van der Waals surface area (Å²) < 4.78 is 0. The summed E-state index contributed by atoms with van der Waals surface area (Å²) in [6.07, 6.45) is 3.97. The molecule has 0 bridgehead atoms. The Morgan fingerprint density at radius 3 is 2.65 bits per heavy atom. The van der Waals surface area contributed by atoms with Crippen molar-refractivity contribution in [3.05, 3.63) is 23.9 Å². The first-order chi connectivity index (χ1) is 9.48. The van der Waals surface area contributed by atoms with Crippen molar-refractivity contribution in [2.24, 2.45) is 5.92 Å². The second-order valence-corrected chi connectivity index (χ2v) is 6.98. The average Bonchev–Trinajstić information content (AvgIpc) is 3.19. The molecular formula is C17H29N3. The van der Waals surface area contributed by atoms with Gasteiger partial charge in [-0.2, -0.15) is 0 Å². The van der Waals surface area contributed by atoms with E-state index in [-0.39, 0.29) is 5.54 Å². The van der Waals surface area contributed by atoms with Gasteiger partial charge in [0.1, 0.15) is 5.82 Å². The van der Waals surface area contributed by atoms with Crippen LogP contribution >= 0.6 is 0 Å². The van der Waals surface area contributed by atoms with E-state index in [0.717, 1.165) is 30.5 Å². The first-order valence-corrected chi connectivity index (χ1v) is 7.94. The van der Waals surface area contributed by atoms with Crippen molar-refractivity contribution in [3.8, 4) is 0 Å². The van der Waals surface area contributed by atoms with Gasteiger partial charge in [-0.15, -0.1) is 0 Å². The molecule has 20 heavy (non-hydrogen) atoms. The zero-order valence-corrected chi connectivity index (χ0v) is 13.4. The summed E-state index contributed by atoms with van der Waals surface area (Å²) in [5.74, 6) is 2.05. The Balaban J connectivity index is 2.01. The standard InChI is InChI=1S/C17H29N3/c1-5-11-20(13-14-9-10-14)16-8-6-7-15(19-16)12-18-17(2,3)4/h6-8,14,18H,5,9-13H2,1-4H3. The molecule has 0 saturated heterocycles. The van der Waals surface area contributed by atoms with Crippen LogP contribution in [0.15, 0.2) is 18.2 Å². The number of nitrogens with one attached hydrogen (secondary N) is 1. The van der Waals surface area contributed by atoms with Gasteiger partial charge in [-0.3, -0.25) is 0 Å². The van der Waals surface area contributed by atoms with Crippen LogP contribution in [0.1, 0.15) is 52.7 Å². The molecule has 3 nitrogen and oxygen atoms in total. The zero-order chi connectivity index (χ0) is 14.6. The van der Waals surface area contributed by atoms with Gasteiger partial charge < -0.3 is 10.2 Å². The normalized spacial score (nSPS) is 15.4. The SMILES string of the molecule is CCCN(CC1CC1)c1cccc(CNC(C)(C)C)n1. The Labute approximate surface area is 123 Å². The lowest BCUT2D eigenvalue weighted by molar-refractivity contribution is 0.421. The molecule has 0 aliphatic heterocycles. The summed E-state index contributed by atoms with van der Waals surface area (Å²) in [5, 5.41) is 3.51. The Morgan fingerprint density at radius 2 is 2.05 bits per heavy atom. The molecule has 0 spiro atoms. The van der Waals surface area contributed by atoms with E-state index in [0.29, 0.717) is 0 Å². The topological polar surface area (TPSA) is 28.2 Å². The van der Waals surface area contributed by atoms with Gasteiger partial charge in [0, 0.05) is 25.2 Å². The fourth-order valence-electron chi connectivity index (χ4n) is 2.28. The van der Waals surface area contributed by atoms with E-state index in [2.05, 4.69) is 56.1 Å². The third-order valence-electron chi connectivity index (χ3n) is 3.58. The van der Waals surface area contributed by atoms with Gasteiger partial charge in [-0.25, -0.2) is 4.98 Å². The molecule has 1 aliphatic rings. The highest BCUT2D eigenvalue weighted by atomic mass is 15.2. The minimum atomic E-state index is 0.134. The van der Waals surface area contributed by atoms with Crippen molar-refractivity contribution in [2.75, 3.05) is 18.0 Å². The van der Waals surface area contributed by atoms with Crippen LogP contribution in [0.25, 0.3) is 0 Å². The van der Waals surface area contributed by atoms with Crippen LogP contribution in [0.5, 0.6) is 0 Å². The molecular weight excluding hydrogens is 246 g/mol. The summed E-state index contributed by atoms with van der Waals surface area (Å²) in [6, 6.07) is 6.40. The molecule has 1 aliphatic carbocycles. The number of aromatic nitrogens is 1. The van der Waals surface area contributed by atoms with Crippen molar-refractivity contribution in [1.82, 2.24) is 10.3 Å². The molecule has 0 amide bonds. The minimum Gasteiger partial charge on any atom is -0.356 e. The predicted octanol–water partition coefficient (Wildman–Crippen LogP) is 3.60. The number of hydrogen-bond acceptors (Lipinski definition) is 3. The van der Waals surface area contributed by atoms with Gasteiger partial charge in [0.25, 0.3) is 0 Å². The van der Waals surface area contributed by atoms with Gasteiger partial charge in [-0.05, 0) is 58.1 Å². The summed E-state index contributed by atoms with van der Waals surface area (Å²) in [7, 11) is 0. The van der Waals surface area contributed by atoms with Crippen LogP contribution in [-0.4, -0.2) is 23.6 Å². The summed E-state index contributed by atoms with van der Waals surface area (Å²) in [5.41, 5.74) is 1.27. The van der Waals surface area contributed by atoms with Crippen LogP contribution in [0.3, 0.4) is 0 Å². The quantitative estimate of drug-likeness (QED) is 0.824. The molecule has 0 atom stereocenters. The maximum absolute atomic E-state index is 4.84. The molecule has 0 unspecified atom stereocenters. The van der Waals surface area contributed by atoms with E-state index >= 15 is 0 Å². The van der Waals surface area contributed by atoms with Crippen molar-refractivity contribution in [3.63, 3.8) is 0 Å². The molecule has 1 aromatic rings. The second-order valence-electron chi connectivity index (χ2n) is 6.98. The van der Waals surface area contributed by atoms with E-state index < -0.39 is 0 Å². The van der Waals surface area contributed by atoms with Crippen LogP contribution in [0.2, 0.25) is 0 Å². The zero-order valence-electron chi connectivity index (χ0n) is 13.4. The van der Waals surface area contributed by atoms with Crippen molar-refractivity contribution in [1.29, 1.82) is 0 Å². The highest BCUT2D eigenvalue weighted by Crippen LogP contribution is 2.31. The minimum absolute atomic E-state index is 0.134. The lowest BCUT2D eigenvalue weighted by Crippen LogP contribution is -2.35. The third-order valence-corrected chi connectivity index (χ3v) is 3.58. The van der Waals surface area contributed by atoms with E-state index in [1.165, 1.54) is 25.8 Å². The van der Waals surface area contributed by atoms with Crippen molar-refractivity contribution in [2.45, 2.75) is 59.0 Å². The van der Waals surface area contributed by atoms with Crippen LogP contribution in [0.4, 0.5) is 5.82 Å². The van der Waals surface area contributed by atoms with Crippen LogP contribution in [-0.2, 0) is 6.54 Å². The summed E-state index contributed by atoms with van der Waals surface area (Å²) in [6.45, 7) is 11.9. The van der Waals surface area contributed by atoms with E-state index in [4.69, 9.17) is 4.98 Å².